The topological polar surface area (TPSA) is 46.2 Å². The van der Waals surface area contributed by atoms with E-state index in [0.29, 0.717) is 10.6 Å². The molecule has 0 unspecified atom stereocenters. The molecule has 0 fully saturated rings. The smallest absolute Gasteiger partial charge is 0.262 e. The molecule has 0 spiro atoms. The van der Waals surface area contributed by atoms with Crippen LogP contribution in [0.15, 0.2) is 33.6 Å². The molecule has 0 bridgehead atoms. The molecule has 0 atom stereocenters. The van der Waals surface area contributed by atoms with E-state index in [0.717, 1.165) is 38.7 Å². The Labute approximate surface area is 147 Å². The lowest BCUT2D eigenvalue weighted by atomic mass is 10.0. The molecule has 124 valence electrons. The minimum absolute atomic E-state index is 0.389. The van der Waals surface area contributed by atoms with Crippen LogP contribution < -0.4 is 4.72 Å². The number of sulfonamides is 1. The minimum Gasteiger partial charge on any atom is -0.279 e. The molecule has 0 amide bonds. The Morgan fingerprint density at radius 1 is 1.00 bits per heavy atom. The van der Waals surface area contributed by atoms with Gasteiger partial charge in [0.05, 0.1) is 10.6 Å². The SMILES string of the molecule is CCc1cc(Br)ccc1NS(=O)(=O)c1c(C)c(C)cc(C)c1C. The summed E-state index contributed by atoms with van der Waals surface area (Å²) in [6, 6.07) is 7.62. The standard InChI is InChI=1S/C18H22BrNO2S/c1-6-15-10-16(19)7-8-17(15)20-23(21,22)18-13(4)11(2)9-12(3)14(18)5/h7-10,20H,6H2,1-5H3. The van der Waals surface area contributed by atoms with Gasteiger partial charge in [-0.05, 0) is 80.1 Å². The van der Waals surface area contributed by atoms with Gasteiger partial charge in [-0.15, -0.1) is 0 Å². The van der Waals surface area contributed by atoms with E-state index in [4.69, 9.17) is 0 Å². The third-order valence-corrected chi connectivity index (χ3v) is 6.39. The van der Waals surface area contributed by atoms with Crippen molar-refractivity contribution >= 4 is 31.6 Å². The predicted molar refractivity (Wildman–Crippen MR) is 99.7 cm³/mol. The van der Waals surface area contributed by atoms with Crippen molar-refractivity contribution in [3.8, 4) is 0 Å². The average Bonchev–Trinajstić information content (AvgIpc) is 2.46. The first-order valence-corrected chi connectivity index (χ1v) is 9.83. The van der Waals surface area contributed by atoms with Gasteiger partial charge in [0.2, 0.25) is 0 Å². The van der Waals surface area contributed by atoms with Crippen molar-refractivity contribution in [2.45, 2.75) is 45.9 Å². The molecule has 2 aromatic carbocycles. The summed E-state index contributed by atoms with van der Waals surface area (Å²) < 4.78 is 29.7. The maximum absolute atomic E-state index is 13.0. The van der Waals surface area contributed by atoms with E-state index in [9.17, 15) is 8.42 Å². The lowest BCUT2D eigenvalue weighted by Gasteiger charge is -2.18. The fourth-order valence-corrected chi connectivity index (χ4v) is 4.86. The van der Waals surface area contributed by atoms with Gasteiger partial charge in [0.25, 0.3) is 10.0 Å². The van der Waals surface area contributed by atoms with Crippen LogP contribution in [0.3, 0.4) is 0 Å². The van der Waals surface area contributed by atoms with Gasteiger partial charge in [0.15, 0.2) is 0 Å². The molecule has 0 saturated carbocycles. The fourth-order valence-electron chi connectivity index (χ4n) is 2.73. The van der Waals surface area contributed by atoms with Crippen LogP contribution in [0, 0.1) is 27.7 Å². The largest absolute Gasteiger partial charge is 0.279 e. The summed E-state index contributed by atoms with van der Waals surface area (Å²) in [6.07, 6.45) is 0.752. The number of halogens is 1. The molecule has 2 rings (SSSR count). The number of anilines is 1. The Morgan fingerprint density at radius 2 is 1.57 bits per heavy atom. The Bertz CT molecular complexity index is 832. The highest BCUT2D eigenvalue weighted by Crippen LogP contribution is 2.29. The highest BCUT2D eigenvalue weighted by Gasteiger charge is 2.23. The number of aryl methyl sites for hydroxylation is 3. The van der Waals surface area contributed by atoms with Crippen molar-refractivity contribution in [1.29, 1.82) is 0 Å². The number of nitrogens with one attached hydrogen (secondary N) is 1. The molecule has 5 heteroatoms. The molecule has 23 heavy (non-hydrogen) atoms. The maximum atomic E-state index is 13.0. The second kappa shape index (κ2) is 6.65. The van der Waals surface area contributed by atoms with Gasteiger partial charge < -0.3 is 0 Å². The van der Waals surface area contributed by atoms with Crippen molar-refractivity contribution in [3.63, 3.8) is 0 Å². The van der Waals surface area contributed by atoms with Crippen molar-refractivity contribution in [2.75, 3.05) is 4.72 Å². The highest BCUT2D eigenvalue weighted by atomic mass is 79.9. The van der Waals surface area contributed by atoms with Crippen LogP contribution in [0.2, 0.25) is 0 Å². The zero-order chi connectivity index (χ0) is 17.4. The Kier molecular flexibility index (Phi) is 5.21. The summed E-state index contributed by atoms with van der Waals surface area (Å²) in [5, 5.41) is 0. The lowest BCUT2D eigenvalue weighted by molar-refractivity contribution is 0.599. The normalized spacial score (nSPS) is 11.6. The van der Waals surface area contributed by atoms with Crippen LogP contribution in [0.1, 0.15) is 34.7 Å². The van der Waals surface area contributed by atoms with E-state index in [2.05, 4.69) is 20.7 Å². The molecule has 0 aliphatic heterocycles. The number of hydrogen-bond acceptors (Lipinski definition) is 2. The van der Waals surface area contributed by atoms with Crippen LogP contribution in [0.5, 0.6) is 0 Å². The molecule has 0 aliphatic carbocycles. The van der Waals surface area contributed by atoms with Gasteiger partial charge in [-0.3, -0.25) is 4.72 Å². The van der Waals surface area contributed by atoms with Crippen molar-refractivity contribution in [2.24, 2.45) is 0 Å². The van der Waals surface area contributed by atoms with Gasteiger partial charge in [-0.2, -0.15) is 0 Å². The minimum atomic E-state index is -3.63. The second-order valence-corrected chi connectivity index (χ2v) is 8.38. The van der Waals surface area contributed by atoms with Crippen LogP contribution in [0.4, 0.5) is 5.69 Å². The van der Waals surface area contributed by atoms with E-state index in [-0.39, 0.29) is 0 Å². The molecular weight excluding hydrogens is 374 g/mol. The van der Waals surface area contributed by atoms with Gasteiger partial charge >= 0.3 is 0 Å². The van der Waals surface area contributed by atoms with E-state index in [1.807, 2.05) is 52.8 Å². The maximum Gasteiger partial charge on any atom is 0.262 e. The summed E-state index contributed by atoms with van der Waals surface area (Å²) in [6.45, 7) is 9.61. The summed E-state index contributed by atoms with van der Waals surface area (Å²) in [5.41, 5.74) is 5.17. The molecule has 0 heterocycles. The second-order valence-electron chi connectivity index (χ2n) is 5.85. The monoisotopic (exact) mass is 395 g/mol. The van der Waals surface area contributed by atoms with Crippen LogP contribution in [-0.2, 0) is 16.4 Å². The number of rotatable bonds is 4. The van der Waals surface area contributed by atoms with E-state index < -0.39 is 10.0 Å². The fraction of sp³-hybridized carbons (Fsp3) is 0.333. The first-order chi connectivity index (χ1) is 10.7. The molecule has 0 aromatic heterocycles. The van der Waals surface area contributed by atoms with Crippen LogP contribution in [0.25, 0.3) is 0 Å². The lowest BCUT2D eigenvalue weighted by Crippen LogP contribution is -2.18. The van der Waals surface area contributed by atoms with Crippen LogP contribution >= 0.6 is 15.9 Å². The predicted octanol–water partition coefficient (Wildman–Crippen LogP) is 5.05. The third kappa shape index (κ3) is 3.61. The molecule has 2 aromatic rings. The first-order valence-electron chi connectivity index (χ1n) is 7.56. The molecule has 1 N–H and O–H groups in total. The molecule has 0 saturated heterocycles. The van der Waals surface area contributed by atoms with Crippen molar-refractivity contribution < 1.29 is 8.42 Å². The summed E-state index contributed by atoms with van der Waals surface area (Å²) >= 11 is 3.43. The van der Waals surface area contributed by atoms with Crippen LogP contribution in [-0.4, -0.2) is 8.42 Å². The van der Waals surface area contributed by atoms with Crippen molar-refractivity contribution in [3.05, 3.63) is 56.6 Å². The van der Waals surface area contributed by atoms with Crippen molar-refractivity contribution in [1.82, 2.24) is 0 Å². The molecule has 0 aliphatic rings. The van der Waals surface area contributed by atoms with E-state index >= 15 is 0 Å². The zero-order valence-electron chi connectivity index (χ0n) is 14.1. The Balaban J connectivity index is 2.57. The van der Waals surface area contributed by atoms with E-state index in [1.54, 1.807) is 6.07 Å². The summed E-state index contributed by atoms with van der Waals surface area (Å²) in [5.74, 6) is 0. The Morgan fingerprint density at radius 3 is 2.09 bits per heavy atom. The highest BCUT2D eigenvalue weighted by molar-refractivity contribution is 9.10. The van der Waals surface area contributed by atoms with Gasteiger partial charge in [0.1, 0.15) is 0 Å². The molecule has 3 nitrogen and oxygen atoms in total. The number of hydrogen-bond donors (Lipinski definition) is 1. The first kappa shape index (κ1) is 18.0. The zero-order valence-corrected chi connectivity index (χ0v) is 16.5. The van der Waals surface area contributed by atoms with Gasteiger partial charge in [-0.1, -0.05) is 28.9 Å². The van der Waals surface area contributed by atoms with E-state index in [1.165, 1.54) is 0 Å². The quantitative estimate of drug-likeness (QED) is 0.787. The third-order valence-electron chi connectivity index (χ3n) is 4.26. The summed E-state index contributed by atoms with van der Waals surface area (Å²) in [4.78, 5) is 0.389. The van der Waals surface area contributed by atoms with Gasteiger partial charge in [0, 0.05) is 4.47 Å². The summed E-state index contributed by atoms with van der Waals surface area (Å²) in [7, 11) is -3.63. The average molecular weight is 396 g/mol. The Hall–Kier alpha value is -1.33. The van der Waals surface area contributed by atoms with Gasteiger partial charge in [-0.25, -0.2) is 8.42 Å². The molecule has 0 radical (unpaired) electrons. The number of benzene rings is 2. The molecular formula is C18H22BrNO2S.